The van der Waals surface area contributed by atoms with Gasteiger partial charge in [0, 0.05) is 4.47 Å². The van der Waals surface area contributed by atoms with Crippen molar-refractivity contribution in [1.82, 2.24) is 0 Å². The van der Waals surface area contributed by atoms with Crippen LogP contribution in [0.25, 0.3) is 11.1 Å². The van der Waals surface area contributed by atoms with Gasteiger partial charge in [-0.05, 0) is 29.3 Å². The van der Waals surface area contributed by atoms with Crippen LogP contribution in [0.4, 0.5) is 0 Å². The molecule has 0 saturated heterocycles. The Kier molecular flexibility index (Phi) is 2.80. The summed E-state index contributed by atoms with van der Waals surface area (Å²) < 4.78 is 11.6. The minimum atomic E-state index is 0.162. The summed E-state index contributed by atoms with van der Waals surface area (Å²) in [5, 5.41) is 0. The zero-order chi connectivity index (χ0) is 12.5. The van der Waals surface area contributed by atoms with Gasteiger partial charge in [0.2, 0.25) is 6.79 Å². The Bertz CT molecular complexity index is 622. The van der Waals surface area contributed by atoms with E-state index in [0.29, 0.717) is 17.1 Å². The van der Waals surface area contributed by atoms with Crippen LogP contribution in [0.15, 0.2) is 40.9 Å². The first-order valence-electron chi connectivity index (χ1n) is 5.44. The first-order chi connectivity index (χ1) is 8.81. The quantitative estimate of drug-likeness (QED) is 0.794. The van der Waals surface area contributed by atoms with Gasteiger partial charge in [-0.3, -0.25) is 4.79 Å². The molecule has 0 saturated carbocycles. The van der Waals surface area contributed by atoms with Crippen molar-refractivity contribution in [3.63, 3.8) is 0 Å². The van der Waals surface area contributed by atoms with Crippen molar-refractivity contribution in [2.75, 3.05) is 6.79 Å². The molecule has 0 atom stereocenters. The van der Waals surface area contributed by atoms with E-state index in [4.69, 9.17) is 9.47 Å². The molecule has 1 heterocycles. The number of halogens is 1. The van der Waals surface area contributed by atoms with Crippen LogP contribution in [-0.2, 0) is 0 Å². The Morgan fingerprint density at radius 2 is 1.89 bits per heavy atom. The van der Waals surface area contributed by atoms with Crippen molar-refractivity contribution in [3.05, 3.63) is 46.4 Å². The average Bonchev–Trinajstić information content (AvgIpc) is 2.86. The van der Waals surface area contributed by atoms with Gasteiger partial charge in [0.05, 0.1) is 5.56 Å². The normalized spacial score (nSPS) is 12.5. The zero-order valence-electron chi connectivity index (χ0n) is 9.35. The molecule has 3 rings (SSSR count). The fourth-order valence-electron chi connectivity index (χ4n) is 2.03. The van der Waals surface area contributed by atoms with Crippen molar-refractivity contribution in [2.45, 2.75) is 0 Å². The van der Waals surface area contributed by atoms with Crippen molar-refractivity contribution >= 4 is 22.2 Å². The lowest BCUT2D eigenvalue weighted by Crippen LogP contribution is -1.95. The molecule has 0 radical (unpaired) electrons. The van der Waals surface area contributed by atoms with Crippen LogP contribution in [0.1, 0.15) is 10.4 Å². The highest BCUT2D eigenvalue weighted by Crippen LogP contribution is 2.41. The summed E-state index contributed by atoms with van der Waals surface area (Å²) in [6.45, 7) is 0.162. The second-order valence-corrected chi connectivity index (χ2v) is 4.71. The topological polar surface area (TPSA) is 35.5 Å². The first-order valence-corrected chi connectivity index (χ1v) is 6.23. The lowest BCUT2D eigenvalue weighted by molar-refractivity contribution is 0.111. The Hall–Kier alpha value is -1.81. The fraction of sp³-hybridized carbons (Fsp3) is 0.0714. The maximum atomic E-state index is 11.3. The molecule has 0 unspecified atom stereocenters. The van der Waals surface area contributed by atoms with Gasteiger partial charge in [0.25, 0.3) is 0 Å². The molecule has 0 aliphatic carbocycles. The van der Waals surface area contributed by atoms with Gasteiger partial charge in [-0.15, -0.1) is 0 Å². The molecular weight excluding hydrogens is 296 g/mol. The highest BCUT2D eigenvalue weighted by molar-refractivity contribution is 9.10. The molecule has 90 valence electrons. The molecule has 0 amide bonds. The minimum absolute atomic E-state index is 0.162. The molecule has 1 aliphatic heterocycles. The Morgan fingerprint density at radius 3 is 2.67 bits per heavy atom. The third-order valence-corrected chi connectivity index (χ3v) is 3.55. The van der Waals surface area contributed by atoms with Crippen LogP contribution in [0, 0.1) is 0 Å². The number of hydrogen-bond acceptors (Lipinski definition) is 3. The fourth-order valence-corrected chi connectivity index (χ4v) is 2.52. The molecule has 2 aromatic carbocycles. The van der Waals surface area contributed by atoms with Crippen molar-refractivity contribution < 1.29 is 14.3 Å². The number of aldehydes is 1. The van der Waals surface area contributed by atoms with Crippen LogP contribution in [0.3, 0.4) is 0 Å². The predicted molar refractivity (Wildman–Crippen MR) is 71.1 cm³/mol. The molecule has 4 heteroatoms. The van der Waals surface area contributed by atoms with Gasteiger partial charge in [0.1, 0.15) is 0 Å². The van der Waals surface area contributed by atoms with Crippen LogP contribution in [0.2, 0.25) is 0 Å². The van der Waals surface area contributed by atoms with Gasteiger partial charge in [0.15, 0.2) is 17.8 Å². The van der Waals surface area contributed by atoms with Crippen molar-refractivity contribution in [2.24, 2.45) is 0 Å². The standard InChI is InChI=1S/C14H9BrO3/c15-12-4-2-1-3-10(12)9-5-6-13-14(11(9)7-16)18-8-17-13/h1-7H,8H2. The Morgan fingerprint density at radius 1 is 1.06 bits per heavy atom. The van der Waals surface area contributed by atoms with Crippen molar-refractivity contribution in [3.8, 4) is 22.6 Å². The third-order valence-electron chi connectivity index (χ3n) is 2.86. The van der Waals surface area contributed by atoms with Gasteiger partial charge in [-0.1, -0.05) is 34.1 Å². The summed E-state index contributed by atoms with van der Waals surface area (Å²) in [6.07, 6.45) is 0.808. The maximum Gasteiger partial charge on any atom is 0.231 e. The summed E-state index contributed by atoms with van der Waals surface area (Å²) in [6, 6.07) is 11.4. The number of rotatable bonds is 2. The van der Waals surface area contributed by atoms with Gasteiger partial charge >= 0.3 is 0 Å². The molecule has 0 fully saturated rings. The van der Waals surface area contributed by atoms with E-state index in [0.717, 1.165) is 21.9 Å². The predicted octanol–water partition coefficient (Wildman–Crippen LogP) is 3.66. The van der Waals surface area contributed by atoms with Gasteiger partial charge in [-0.25, -0.2) is 0 Å². The molecule has 0 aromatic heterocycles. The summed E-state index contributed by atoms with van der Waals surface area (Å²) in [7, 11) is 0. The number of carbonyl (C=O) groups is 1. The second-order valence-electron chi connectivity index (χ2n) is 3.86. The number of carbonyl (C=O) groups excluding carboxylic acids is 1. The lowest BCUT2D eigenvalue weighted by Gasteiger charge is -2.09. The highest BCUT2D eigenvalue weighted by atomic mass is 79.9. The van der Waals surface area contributed by atoms with E-state index in [1.165, 1.54) is 0 Å². The molecule has 1 aliphatic rings. The minimum Gasteiger partial charge on any atom is -0.454 e. The Balaban J connectivity index is 2.25. The monoisotopic (exact) mass is 304 g/mol. The maximum absolute atomic E-state index is 11.3. The molecule has 2 aromatic rings. The number of ether oxygens (including phenoxy) is 2. The Labute approximate surface area is 112 Å². The molecule has 18 heavy (non-hydrogen) atoms. The summed E-state index contributed by atoms with van der Waals surface area (Å²) in [4.78, 5) is 11.3. The van der Waals surface area contributed by atoms with E-state index in [9.17, 15) is 4.79 Å². The van der Waals surface area contributed by atoms with E-state index in [2.05, 4.69) is 15.9 Å². The van der Waals surface area contributed by atoms with Crippen LogP contribution < -0.4 is 9.47 Å². The molecule has 0 bridgehead atoms. The second kappa shape index (κ2) is 4.46. The molecule has 0 spiro atoms. The third kappa shape index (κ3) is 1.69. The lowest BCUT2D eigenvalue weighted by atomic mass is 9.99. The number of hydrogen-bond donors (Lipinski definition) is 0. The van der Waals surface area contributed by atoms with Gasteiger partial charge in [-0.2, -0.15) is 0 Å². The molecule has 0 N–H and O–H groups in total. The molecular formula is C14H9BrO3. The van der Waals surface area contributed by atoms with E-state index in [1.54, 1.807) is 0 Å². The SMILES string of the molecule is O=Cc1c(-c2ccccc2Br)ccc2c1OCO2. The average molecular weight is 305 g/mol. The van der Waals surface area contributed by atoms with E-state index < -0.39 is 0 Å². The smallest absolute Gasteiger partial charge is 0.231 e. The summed E-state index contributed by atoms with van der Waals surface area (Å²) in [5.74, 6) is 1.14. The summed E-state index contributed by atoms with van der Waals surface area (Å²) >= 11 is 3.49. The van der Waals surface area contributed by atoms with E-state index in [-0.39, 0.29) is 6.79 Å². The van der Waals surface area contributed by atoms with Crippen LogP contribution >= 0.6 is 15.9 Å². The summed E-state index contributed by atoms with van der Waals surface area (Å²) in [5.41, 5.74) is 2.32. The van der Waals surface area contributed by atoms with Crippen LogP contribution in [0.5, 0.6) is 11.5 Å². The van der Waals surface area contributed by atoms with E-state index >= 15 is 0 Å². The zero-order valence-corrected chi connectivity index (χ0v) is 10.9. The number of benzene rings is 2. The van der Waals surface area contributed by atoms with Gasteiger partial charge < -0.3 is 9.47 Å². The first kappa shape index (κ1) is 11.3. The molecule has 3 nitrogen and oxygen atoms in total. The highest BCUT2D eigenvalue weighted by Gasteiger charge is 2.21. The van der Waals surface area contributed by atoms with Crippen molar-refractivity contribution in [1.29, 1.82) is 0 Å². The number of fused-ring (bicyclic) bond motifs is 1. The van der Waals surface area contributed by atoms with E-state index in [1.807, 2.05) is 36.4 Å². The van der Waals surface area contributed by atoms with Crippen LogP contribution in [-0.4, -0.2) is 13.1 Å². The largest absolute Gasteiger partial charge is 0.454 e.